The van der Waals surface area contributed by atoms with Crippen LogP contribution in [0.15, 0.2) is 64.0 Å². The number of hydrogen-bond acceptors (Lipinski definition) is 4. The van der Waals surface area contributed by atoms with Gasteiger partial charge >= 0.3 is 0 Å². The quantitative estimate of drug-likeness (QED) is 0.682. The van der Waals surface area contributed by atoms with Gasteiger partial charge in [0.25, 0.3) is 5.91 Å². The number of rotatable bonds is 4. The molecule has 0 unspecified atom stereocenters. The van der Waals surface area contributed by atoms with Crippen molar-refractivity contribution in [1.29, 1.82) is 0 Å². The number of nitrogens with zero attached hydrogens (tertiary/aromatic N) is 1. The minimum atomic E-state index is -0.0859. The second-order valence-corrected chi connectivity index (χ2v) is 7.22. The van der Waals surface area contributed by atoms with Gasteiger partial charge in [-0.1, -0.05) is 30.3 Å². The molecule has 1 aromatic heterocycles. The van der Waals surface area contributed by atoms with Crippen molar-refractivity contribution in [2.45, 2.75) is 32.2 Å². The second kappa shape index (κ2) is 7.89. The third-order valence-corrected chi connectivity index (χ3v) is 5.32. The van der Waals surface area contributed by atoms with E-state index in [4.69, 9.17) is 9.15 Å². The highest BCUT2D eigenvalue weighted by Gasteiger charge is 2.23. The van der Waals surface area contributed by atoms with Crippen molar-refractivity contribution >= 4 is 16.9 Å². The maximum atomic E-state index is 12.8. The van der Waals surface area contributed by atoms with Gasteiger partial charge in [-0.25, -0.2) is 0 Å². The Morgan fingerprint density at radius 2 is 2.00 bits per heavy atom. The zero-order valence-electron chi connectivity index (χ0n) is 15.9. The molecule has 0 bridgehead atoms. The van der Waals surface area contributed by atoms with Crippen molar-refractivity contribution in [2.75, 3.05) is 13.2 Å². The number of ether oxygens (including phenoxy) is 1. The molecule has 0 spiro atoms. The molecule has 0 aliphatic carbocycles. The Balaban J connectivity index is 1.52. The molecule has 144 valence electrons. The lowest BCUT2D eigenvalue weighted by Gasteiger charge is -2.33. The van der Waals surface area contributed by atoms with E-state index in [0.29, 0.717) is 22.3 Å². The number of likely N-dealkylation sites (tertiary alicyclic amines) is 1. The third kappa shape index (κ3) is 3.65. The summed E-state index contributed by atoms with van der Waals surface area (Å²) in [6, 6.07) is 14.8. The zero-order valence-corrected chi connectivity index (χ0v) is 15.9. The molecule has 2 heterocycles. The standard InChI is InChI=1S/C23H23NO4/c1-16-7-5-6-12-24(16)22(25)15-27-18-10-11-19-21(13-18)28-14-20(23(19)26)17-8-3-2-4-9-17/h2-4,8-11,13-14,16H,5-7,12,15H2,1H3/t16-/m1/s1. The van der Waals surface area contributed by atoms with Gasteiger partial charge in [0.15, 0.2) is 12.0 Å². The summed E-state index contributed by atoms with van der Waals surface area (Å²) in [7, 11) is 0. The van der Waals surface area contributed by atoms with Crippen LogP contribution in [0.2, 0.25) is 0 Å². The van der Waals surface area contributed by atoms with E-state index in [2.05, 4.69) is 6.92 Å². The minimum Gasteiger partial charge on any atom is -0.484 e. The van der Waals surface area contributed by atoms with Gasteiger partial charge in [-0.15, -0.1) is 0 Å². The molecular formula is C23H23NO4. The molecule has 1 aliphatic rings. The summed E-state index contributed by atoms with van der Waals surface area (Å²) in [6.07, 6.45) is 4.72. The van der Waals surface area contributed by atoms with Crippen molar-refractivity contribution in [3.8, 4) is 16.9 Å². The predicted octanol–water partition coefficient (Wildman–Crippen LogP) is 4.24. The van der Waals surface area contributed by atoms with Crippen LogP contribution < -0.4 is 10.2 Å². The van der Waals surface area contributed by atoms with Crippen LogP contribution >= 0.6 is 0 Å². The number of fused-ring (bicyclic) bond motifs is 1. The van der Waals surface area contributed by atoms with Gasteiger partial charge in [-0.05, 0) is 43.9 Å². The minimum absolute atomic E-state index is 0.00632. The first-order valence-electron chi connectivity index (χ1n) is 9.67. The van der Waals surface area contributed by atoms with E-state index in [-0.39, 0.29) is 24.0 Å². The SMILES string of the molecule is C[C@@H]1CCCCN1C(=O)COc1ccc2c(=O)c(-c3ccccc3)coc2c1. The molecule has 0 radical (unpaired) electrons. The molecular weight excluding hydrogens is 354 g/mol. The van der Waals surface area contributed by atoms with Crippen LogP contribution in [-0.4, -0.2) is 30.0 Å². The molecule has 28 heavy (non-hydrogen) atoms. The van der Waals surface area contributed by atoms with Gasteiger partial charge in [0.05, 0.1) is 10.9 Å². The van der Waals surface area contributed by atoms with Crippen molar-refractivity contribution < 1.29 is 13.9 Å². The van der Waals surface area contributed by atoms with Gasteiger partial charge in [-0.3, -0.25) is 9.59 Å². The summed E-state index contributed by atoms with van der Waals surface area (Å²) in [5.74, 6) is 0.509. The maximum Gasteiger partial charge on any atom is 0.260 e. The number of carbonyl (C=O) groups excluding carboxylic acids is 1. The fourth-order valence-corrected chi connectivity index (χ4v) is 3.71. The van der Waals surface area contributed by atoms with Crippen molar-refractivity contribution in [3.05, 3.63) is 65.0 Å². The van der Waals surface area contributed by atoms with Crippen LogP contribution in [0.25, 0.3) is 22.1 Å². The normalized spacial score (nSPS) is 16.9. The van der Waals surface area contributed by atoms with E-state index in [1.165, 1.54) is 12.7 Å². The second-order valence-electron chi connectivity index (χ2n) is 7.22. The average Bonchev–Trinajstić information content (AvgIpc) is 2.73. The molecule has 5 nitrogen and oxygen atoms in total. The fraction of sp³-hybridized carbons (Fsp3) is 0.304. The first-order chi connectivity index (χ1) is 13.6. The highest BCUT2D eigenvalue weighted by molar-refractivity contribution is 5.83. The Morgan fingerprint density at radius 3 is 2.79 bits per heavy atom. The lowest BCUT2D eigenvalue weighted by atomic mass is 10.0. The van der Waals surface area contributed by atoms with Crippen LogP contribution in [0, 0.1) is 0 Å². The third-order valence-electron chi connectivity index (χ3n) is 5.32. The molecule has 0 N–H and O–H groups in total. The van der Waals surface area contributed by atoms with E-state index >= 15 is 0 Å². The molecule has 1 fully saturated rings. The zero-order chi connectivity index (χ0) is 19.5. The maximum absolute atomic E-state index is 12.8. The van der Waals surface area contributed by atoms with Gasteiger partial charge < -0.3 is 14.1 Å². The Hall–Kier alpha value is -3.08. The smallest absolute Gasteiger partial charge is 0.260 e. The van der Waals surface area contributed by atoms with Crippen LogP contribution in [0.1, 0.15) is 26.2 Å². The summed E-state index contributed by atoms with van der Waals surface area (Å²) >= 11 is 0. The molecule has 1 saturated heterocycles. The number of carbonyl (C=O) groups is 1. The molecule has 3 aromatic rings. The summed E-state index contributed by atoms with van der Waals surface area (Å²) in [5.41, 5.74) is 1.70. The summed E-state index contributed by atoms with van der Waals surface area (Å²) < 4.78 is 11.4. The summed E-state index contributed by atoms with van der Waals surface area (Å²) in [5, 5.41) is 0.490. The van der Waals surface area contributed by atoms with Crippen LogP contribution in [0.5, 0.6) is 5.75 Å². The number of benzene rings is 2. The van der Waals surface area contributed by atoms with Gasteiger partial charge in [0.1, 0.15) is 17.6 Å². The highest BCUT2D eigenvalue weighted by atomic mass is 16.5. The Morgan fingerprint density at radius 1 is 1.18 bits per heavy atom. The molecule has 0 saturated carbocycles. The monoisotopic (exact) mass is 377 g/mol. The lowest BCUT2D eigenvalue weighted by Crippen LogP contribution is -2.44. The van der Waals surface area contributed by atoms with Crippen LogP contribution in [0.4, 0.5) is 0 Å². The van der Waals surface area contributed by atoms with E-state index in [1.807, 2.05) is 35.2 Å². The molecule has 2 aromatic carbocycles. The van der Waals surface area contributed by atoms with Crippen LogP contribution in [-0.2, 0) is 4.79 Å². The number of hydrogen-bond donors (Lipinski definition) is 0. The molecule has 1 atom stereocenters. The first-order valence-corrected chi connectivity index (χ1v) is 9.67. The summed E-state index contributed by atoms with van der Waals surface area (Å²) in [4.78, 5) is 27.1. The lowest BCUT2D eigenvalue weighted by molar-refractivity contribution is -0.136. The van der Waals surface area contributed by atoms with Crippen LogP contribution in [0.3, 0.4) is 0 Å². The fourth-order valence-electron chi connectivity index (χ4n) is 3.71. The number of amides is 1. The Kier molecular flexibility index (Phi) is 5.15. The number of piperidine rings is 1. The van der Waals surface area contributed by atoms with E-state index < -0.39 is 0 Å². The van der Waals surface area contributed by atoms with Gasteiger partial charge in [-0.2, -0.15) is 0 Å². The van der Waals surface area contributed by atoms with Crippen molar-refractivity contribution in [1.82, 2.24) is 4.90 Å². The Bertz CT molecular complexity index is 1040. The average molecular weight is 377 g/mol. The van der Waals surface area contributed by atoms with Gasteiger partial charge in [0, 0.05) is 18.7 Å². The first kappa shape index (κ1) is 18.3. The summed E-state index contributed by atoms with van der Waals surface area (Å²) in [6.45, 7) is 2.85. The molecule has 1 aliphatic heterocycles. The Labute approximate surface area is 163 Å². The topological polar surface area (TPSA) is 59.8 Å². The molecule has 5 heteroatoms. The van der Waals surface area contributed by atoms with Gasteiger partial charge in [0.2, 0.25) is 0 Å². The van der Waals surface area contributed by atoms with Crippen molar-refractivity contribution in [2.24, 2.45) is 0 Å². The van der Waals surface area contributed by atoms with E-state index in [0.717, 1.165) is 24.9 Å². The van der Waals surface area contributed by atoms with E-state index in [1.54, 1.807) is 18.2 Å². The highest BCUT2D eigenvalue weighted by Crippen LogP contribution is 2.23. The largest absolute Gasteiger partial charge is 0.484 e. The van der Waals surface area contributed by atoms with Crippen molar-refractivity contribution in [3.63, 3.8) is 0 Å². The molecule has 1 amide bonds. The predicted molar refractivity (Wildman–Crippen MR) is 108 cm³/mol. The van der Waals surface area contributed by atoms with E-state index in [9.17, 15) is 9.59 Å². The molecule has 4 rings (SSSR count).